The van der Waals surface area contributed by atoms with Crippen molar-refractivity contribution in [3.8, 4) is 0 Å². The fourth-order valence-corrected chi connectivity index (χ4v) is 2.46. The van der Waals surface area contributed by atoms with Crippen molar-refractivity contribution in [1.29, 1.82) is 0 Å². The highest BCUT2D eigenvalue weighted by Crippen LogP contribution is 2.10. The Labute approximate surface area is 112 Å². The van der Waals surface area contributed by atoms with Gasteiger partial charge in [0.05, 0.1) is 11.0 Å². The van der Waals surface area contributed by atoms with Crippen LogP contribution in [0.3, 0.4) is 0 Å². The number of hydrogen-bond acceptors (Lipinski definition) is 4. The number of aliphatic hydroxyl groups is 1. The number of carbonyl (C=O) groups is 1. The zero-order valence-electron chi connectivity index (χ0n) is 10.9. The zero-order valence-corrected chi connectivity index (χ0v) is 11.7. The minimum Gasteiger partial charge on any atom is -0.393 e. The first-order valence-corrected chi connectivity index (χ1v) is 7.35. The van der Waals surface area contributed by atoms with Gasteiger partial charge in [0.1, 0.15) is 0 Å². The molecule has 19 heavy (non-hydrogen) atoms. The molecule has 6 nitrogen and oxygen atoms in total. The lowest BCUT2D eigenvalue weighted by atomic mass is 10.2. The molecular weight excluding hydrogens is 268 g/mol. The van der Waals surface area contributed by atoms with Gasteiger partial charge in [-0.15, -0.1) is 0 Å². The van der Waals surface area contributed by atoms with E-state index in [4.69, 9.17) is 5.11 Å². The smallest absolute Gasteiger partial charge is 0.251 e. The van der Waals surface area contributed by atoms with Crippen LogP contribution in [0.25, 0.3) is 0 Å². The Morgan fingerprint density at radius 1 is 1.32 bits per heavy atom. The van der Waals surface area contributed by atoms with Gasteiger partial charge in [-0.25, -0.2) is 13.1 Å². The van der Waals surface area contributed by atoms with Crippen LogP contribution in [-0.4, -0.2) is 39.1 Å². The van der Waals surface area contributed by atoms with E-state index < -0.39 is 16.1 Å². The van der Waals surface area contributed by atoms with E-state index in [1.54, 1.807) is 6.92 Å². The molecule has 0 aliphatic rings. The maximum absolute atomic E-state index is 11.9. The molecule has 0 heterocycles. The van der Waals surface area contributed by atoms with Crippen molar-refractivity contribution < 1.29 is 18.3 Å². The lowest BCUT2D eigenvalue weighted by Gasteiger charge is -2.08. The highest BCUT2D eigenvalue weighted by molar-refractivity contribution is 7.89. The van der Waals surface area contributed by atoms with E-state index in [0.29, 0.717) is 12.0 Å². The minimum absolute atomic E-state index is 0.0887. The summed E-state index contributed by atoms with van der Waals surface area (Å²) in [5, 5.41) is 11.5. The van der Waals surface area contributed by atoms with Crippen LogP contribution in [0.15, 0.2) is 29.2 Å². The summed E-state index contributed by atoms with van der Waals surface area (Å²) in [6.45, 7) is 1.75. The van der Waals surface area contributed by atoms with E-state index in [-0.39, 0.29) is 17.3 Å². The summed E-state index contributed by atoms with van der Waals surface area (Å²) in [4.78, 5) is 11.4. The first-order valence-electron chi connectivity index (χ1n) is 5.86. The fourth-order valence-electron chi connectivity index (χ4n) is 1.42. The molecule has 3 N–H and O–H groups in total. The van der Waals surface area contributed by atoms with Gasteiger partial charge in [-0.2, -0.15) is 0 Å². The average molecular weight is 286 g/mol. The van der Waals surface area contributed by atoms with Crippen molar-refractivity contribution in [2.24, 2.45) is 0 Å². The van der Waals surface area contributed by atoms with Gasteiger partial charge in [0.15, 0.2) is 0 Å². The van der Waals surface area contributed by atoms with Gasteiger partial charge in [-0.05, 0) is 37.6 Å². The van der Waals surface area contributed by atoms with Crippen LogP contribution in [0.5, 0.6) is 0 Å². The molecule has 1 rings (SSSR count). The van der Waals surface area contributed by atoms with E-state index in [2.05, 4.69) is 10.0 Å². The van der Waals surface area contributed by atoms with E-state index >= 15 is 0 Å². The van der Waals surface area contributed by atoms with Gasteiger partial charge in [-0.1, -0.05) is 0 Å². The predicted molar refractivity (Wildman–Crippen MR) is 71.3 cm³/mol. The molecule has 106 valence electrons. The maximum atomic E-state index is 11.9. The Kier molecular flexibility index (Phi) is 5.46. The lowest BCUT2D eigenvalue weighted by Crippen LogP contribution is -2.27. The average Bonchev–Trinajstić information content (AvgIpc) is 2.37. The fraction of sp³-hybridized carbons (Fsp3) is 0.417. The molecule has 0 spiro atoms. The number of carbonyl (C=O) groups excluding carboxylic acids is 1. The van der Waals surface area contributed by atoms with Gasteiger partial charge in [0.25, 0.3) is 5.91 Å². The molecule has 7 heteroatoms. The third kappa shape index (κ3) is 4.62. The van der Waals surface area contributed by atoms with Crippen LogP contribution in [0.2, 0.25) is 0 Å². The summed E-state index contributed by atoms with van der Waals surface area (Å²) in [7, 11) is -2.09. The van der Waals surface area contributed by atoms with Crippen LogP contribution in [0.4, 0.5) is 0 Å². The van der Waals surface area contributed by atoms with Crippen molar-refractivity contribution >= 4 is 15.9 Å². The number of hydrogen-bond donors (Lipinski definition) is 3. The van der Waals surface area contributed by atoms with Crippen LogP contribution in [0, 0.1) is 0 Å². The molecule has 1 aromatic carbocycles. The first kappa shape index (κ1) is 15.6. The second-order valence-corrected chi connectivity index (χ2v) is 5.91. The number of sulfonamides is 1. The molecule has 0 fully saturated rings. The molecule has 0 aliphatic heterocycles. The number of rotatable bonds is 6. The summed E-state index contributed by atoms with van der Waals surface area (Å²) in [5.41, 5.74) is 0.394. The quantitative estimate of drug-likeness (QED) is 0.691. The molecule has 0 aromatic heterocycles. The normalized spacial score (nSPS) is 13.0. The molecule has 1 amide bonds. The monoisotopic (exact) mass is 286 g/mol. The number of nitrogens with one attached hydrogen (secondary N) is 2. The summed E-state index contributed by atoms with van der Waals surface area (Å²) < 4.78 is 26.1. The van der Waals surface area contributed by atoms with Crippen LogP contribution < -0.4 is 10.0 Å². The van der Waals surface area contributed by atoms with Crippen LogP contribution in [0.1, 0.15) is 23.7 Å². The van der Waals surface area contributed by atoms with E-state index in [1.807, 2.05) is 0 Å². The molecule has 0 bridgehead atoms. The molecule has 1 atom stereocenters. The molecule has 1 unspecified atom stereocenters. The van der Waals surface area contributed by atoms with Gasteiger partial charge in [-0.3, -0.25) is 4.79 Å². The number of aliphatic hydroxyl groups excluding tert-OH is 1. The first-order chi connectivity index (χ1) is 8.86. The highest BCUT2D eigenvalue weighted by Gasteiger charge is 2.14. The van der Waals surface area contributed by atoms with Crippen molar-refractivity contribution in [3.63, 3.8) is 0 Å². The molecule has 0 saturated carbocycles. The summed E-state index contributed by atoms with van der Waals surface area (Å²) in [5.74, 6) is -0.272. The zero-order chi connectivity index (χ0) is 14.5. The molecule has 0 aliphatic carbocycles. The number of amides is 1. The molecular formula is C12H18N2O4S. The third-order valence-electron chi connectivity index (χ3n) is 2.51. The predicted octanol–water partition coefficient (Wildman–Crippen LogP) is 0.0954. The lowest BCUT2D eigenvalue weighted by molar-refractivity contribution is 0.0963. The Hall–Kier alpha value is -1.44. The SMILES string of the molecule is CNC(=O)c1ccc(S(=O)(=O)NCCC(C)O)cc1. The van der Waals surface area contributed by atoms with Gasteiger partial charge in [0.2, 0.25) is 10.0 Å². The van der Waals surface area contributed by atoms with Gasteiger partial charge >= 0.3 is 0 Å². The Balaban J connectivity index is 2.76. The van der Waals surface area contributed by atoms with Crippen molar-refractivity contribution in [1.82, 2.24) is 10.0 Å². The minimum atomic E-state index is -3.60. The van der Waals surface area contributed by atoms with Gasteiger partial charge in [0, 0.05) is 19.2 Å². The topological polar surface area (TPSA) is 95.5 Å². The highest BCUT2D eigenvalue weighted by atomic mass is 32.2. The second kappa shape index (κ2) is 6.65. The Morgan fingerprint density at radius 2 is 1.89 bits per heavy atom. The maximum Gasteiger partial charge on any atom is 0.251 e. The summed E-state index contributed by atoms with van der Waals surface area (Å²) >= 11 is 0. The van der Waals surface area contributed by atoms with Crippen molar-refractivity contribution in [2.45, 2.75) is 24.3 Å². The number of benzene rings is 1. The van der Waals surface area contributed by atoms with Crippen LogP contribution >= 0.6 is 0 Å². The van der Waals surface area contributed by atoms with Crippen molar-refractivity contribution in [2.75, 3.05) is 13.6 Å². The van der Waals surface area contributed by atoms with E-state index in [9.17, 15) is 13.2 Å². The Morgan fingerprint density at radius 3 is 2.37 bits per heavy atom. The van der Waals surface area contributed by atoms with Gasteiger partial charge < -0.3 is 10.4 Å². The third-order valence-corrected chi connectivity index (χ3v) is 3.98. The van der Waals surface area contributed by atoms with E-state index in [1.165, 1.54) is 31.3 Å². The summed E-state index contributed by atoms with van der Waals surface area (Å²) in [6, 6.07) is 5.63. The summed E-state index contributed by atoms with van der Waals surface area (Å²) in [6.07, 6.45) is -0.214. The second-order valence-electron chi connectivity index (χ2n) is 4.14. The van der Waals surface area contributed by atoms with Crippen LogP contribution in [-0.2, 0) is 10.0 Å². The molecule has 0 radical (unpaired) electrons. The largest absolute Gasteiger partial charge is 0.393 e. The molecule has 1 aromatic rings. The Bertz CT molecular complexity index is 523. The van der Waals surface area contributed by atoms with Crippen molar-refractivity contribution in [3.05, 3.63) is 29.8 Å². The molecule has 0 saturated heterocycles. The van der Waals surface area contributed by atoms with E-state index in [0.717, 1.165) is 0 Å². The standard InChI is InChI=1S/C12H18N2O4S/c1-9(15)7-8-14-19(17,18)11-5-3-10(4-6-11)12(16)13-2/h3-6,9,14-15H,7-8H2,1-2H3,(H,13,16).